The van der Waals surface area contributed by atoms with E-state index in [2.05, 4.69) is 15.0 Å². The Bertz CT molecular complexity index is 735. The van der Waals surface area contributed by atoms with Gasteiger partial charge in [-0.1, -0.05) is 23.7 Å². The first-order valence-corrected chi connectivity index (χ1v) is 7.94. The summed E-state index contributed by atoms with van der Waals surface area (Å²) in [5.74, 6) is 0. The summed E-state index contributed by atoms with van der Waals surface area (Å²) in [5.41, 5.74) is 3.68. The summed E-state index contributed by atoms with van der Waals surface area (Å²) >= 11 is 5.96. The average Bonchev–Trinajstić information content (AvgIpc) is 2.61. The number of hydrogen-bond acceptors (Lipinski definition) is 5. The first kappa shape index (κ1) is 20.6. The Kier molecular flexibility index (Phi) is 8.60. The van der Waals surface area contributed by atoms with Crippen LogP contribution in [0, 0.1) is 12.3 Å². The number of nitrogens with zero attached hydrogens (tertiary/aromatic N) is 1. The largest absolute Gasteiger partial charge is 0.453 e. The molecule has 1 aromatic heterocycles. The Morgan fingerprint density at radius 1 is 1.36 bits per heavy atom. The smallest absolute Gasteiger partial charge is 0.407 e. The van der Waals surface area contributed by atoms with Crippen molar-refractivity contribution in [1.82, 2.24) is 10.3 Å². The molecule has 1 aromatic carbocycles. The maximum atomic E-state index is 10.9. The fourth-order valence-corrected chi connectivity index (χ4v) is 2.05. The third kappa shape index (κ3) is 7.32. The summed E-state index contributed by atoms with van der Waals surface area (Å²) in [5, 5.41) is 19.2. The zero-order valence-electron chi connectivity index (χ0n) is 14.5. The molecule has 6 nitrogen and oxygen atoms in total. The maximum absolute atomic E-state index is 10.9. The number of hydrogen-bond donors (Lipinski definition) is 3. The number of aryl methyl sites for hydroxylation is 1. The van der Waals surface area contributed by atoms with E-state index in [4.69, 9.17) is 22.1 Å². The molecule has 25 heavy (non-hydrogen) atoms. The van der Waals surface area contributed by atoms with E-state index in [1.165, 1.54) is 7.11 Å². The van der Waals surface area contributed by atoms with E-state index in [1.54, 1.807) is 31.2 Å². The van der Waals surface area contributed by atoms with Crippen LogP contribution >= 0.6 is 11.6 Å². The van der Waals surface area contributed by atoms with Crippen LogP contribution in [-0.4, -0.2) is 29.0 Å². The van der Waals surface area contributed by atoms with Crippen LogP contribution in [0.3, 0.4) is 0 Å². The van der Waals surface area contributed by atoms with E-state index < -0.39 is 6.09 Å². The first-order chi connectivity index (χ1) is 11.9. The summed E-state index contributed by atoms with van der Waals surface area (Å²) in [4.78, 5) is 14.9. The number of aliphatic hydroxyl groups is 1. The van der Waals surface area contributed by atoms with Gasteiger partial charge in [0.1, 0.15) is 0 Å². The lowest BCUT2D eigenvalue weighted by Gasteiger charge is -2.08. The summed E-state index contributed by atoms with van der Waals surface area (Å²) in [6, 6.07) is 10.8. The van der Waals surface area contributed by atoms with Crippen molar-refractivity contribution >= 4 is 23.4 Å². The van der Waals surface area contributed by atoms with Gasteiger partial charge in [-0.15, -0.1) is 0 Å². The molecule has 0 radical (unpaired) electrons. The SMILES string of the molecule is COC(=O)NCc1cc(C(C)=N)ccc1Cl.Cc1cccc(CO)n1. The minimum Gasteiger partial charge on any atom is -0.453 e. The fourth-order valence-electron chi connectivity index (χ4n) is 1.87. The van der Waals surface area contributed by atoms with E-state index in [1.807, 2.05) is 19.1 Å². The highest BCUT2D eigenvalue weighted by Gasteiger charge is 2.05. The molecular formula is C18H22ClN3O3. The van der Waals surface area contributed by atoms with E-state index in [-0.39, 0.29) is 13.2 Å². The van der Waals surface area contributed by atoms with Crippen LogP contribution in [0.4, 0.5) is 4.79 Å². The molecule has 0 aliphatic carbocycles. The second-order valence-electron chi connectivity index (χ2n) is 5.20. The number of benzene rings is 1. The molecule has 0 fully saturated rings. The quantitative estimate of drug-likeness (QED) is 0.725. The van der Waals surface area contributed by atoms with Crippen molar-refractivity contribution in [3.8, 4) is 0 Å². The normalized spacial score (nSPS) is 9.64. The number of aromatic nitrogens is 1. The molecule has 0 saturated carbocycles. The Labute approximate surface area is 152 Å². The lowest BCUT2D eigenvalue weighted by Crippen LogP contribution is -2.22. The summed E-state index contributed by atoms with van der Waals surface area (Å²) < 4.78 is 4.45. The lowest BCUT2D eigenvalue weighted by molar-refractivity contribution is 0.170. The van der Waals surface area contributed by atoms with Crippen molar-refractivity contribution in [2.75, 3.05) is 7.11 Å². The van der Waals surface area contributed by atoms with Crippen LogP contribution in [0.15, 0.2) is 36.4 Å². The van der Waals surface area contributed by atoms with Crippen LogP contribution in [0.5, 0.6) is 0 Å². The number of carbonyl (C=O) groups excluding carboxylic acids is 1. The molecule has 3 N–H and O–H groups in total. The molecule has 1 amide bonds. The molecule has 0 spiro atoms. The van der Waals surface area contributed by atoms with E-state index in [0.717, 1.165) is 22.5 Å². The Morgan fingerprint density at radius 3 is 2.60 bits per heavy atom. The van der Waals surface area contributed by atoms with Gasteiger partial charge in [-0.3, -0.25) is 4.98 Å². The molecule has 0 saturated heterocycles. The number of nitrogens with one attached hydrogen (secondary N) is 2. The predicted octanol–water partition coefficient (Wildman–Crippen LogP) is 3.47. The molecule has 0 aliphatic rings. The molecule has 0 atom stereocenters. The van der Waals surface area contributed by atoms with Gasteiger partial charge in [0.25, 0.3) is 0 Å². The number of aliphatic hydroxyl groups excluding tert-OH is 1. The molecule has 1 heterocycles. The number of ether oxygens (including phenoxy) is 1. The van der Waals surface area contributed by atoms with Gasteiger partial charge in [-0.2, -0.15) is 0 Å². The van der Waals surface area contributed by atoms with E-state index in [9.17, 15) is 4.79 Å². The van der Waals surface area contributed by atoms with Crippen molar-refractivity contribution in [2.45, 2.75) is 27.0 Å². The van der Waals surface area contributed by atoms with Crippen molar-refractivity contribution in [3.05, 3.63) is 63.9 Å². The number of methoxy groups -OCH3 is 1. The van der Waals surface area contributed by atoms with Crippen LogP contribution in [0.2, 0.25) is 5.02 Å². The van der Waals surface area contributed by atoms with Crippen molar-refractivity contribution in [1.29, 1.82) is 5.41 Å². The van der Waals surface area contributed by atoms with Crippen molar-refractivity contribution in [3.63, 3.8) is 0 Å². The molecule has 134 valence electrons. The number of amides is 1. The number of carbonyl (C=O) groups is 1. The molecule has 0 unspecified atom stereocenters. The molecular weight excluding hydrogens is 342 g/mol. The zero-order valence-corrected chi connectivity index (χ0v) is 15.2. The van der Waals surface area contributed by atoms with Crippen LogP contribution in [0.25, 0.3) is 0 Å². The summed E-state index contributed by atoms with van der Waals surface area (Å²) in [6.07, 6.45) is -0.506. The van der Waals surface area contributed by atoms with Crippen molar-refractivity contribution < 1.29 is 14.6 Å². The topological polar surface area (TPSA) is 95.3 Å². The fraction of sp³-hybridized carbons (Fsp3) is 0.278. The first-order valence-electron chi connectivity index (χ1n) is 7.56. The molecule has 0 bridgehead atoms. The number of rotatable bonds is 4. The van der Waals surface area contributed by atoms with Gasteiger partial charge in [0, 0.05) is 23.0 Å². The zero-order chi connectivity index (χ0) is 18.8. The summed E-state index contributed by atoms with van der Waals surface area (Å²) in [7, 11) is 1.30. The van der Waals surface area contributed by atoms with Gasteiger partial charge < -0.3 is 20.6 Å². The molecule has 2 aromatic rings. The average molecular weight is 364 g/mol. The van der Waals surface area contributed by atoms with Crippen molar-refractivity contribution in [2.24, 2.45) is 0 Å². The van der Waals surface area contributed by atoms with Gasteiger partial charge in [-0.05, 0) is 49.2 Å². The third-order valence-corrected chi connectivity index (χ3v) is 3.56. The maximum Gasteiger partial charge on any atom is 0.407 e. The lowest BCUT2D eigenvalue weighted by atomic mass is 10.1. The highest BCUT2D eigenvalue weighted by molar-refractivity contribution is 6.31. The van der Waals surface area contributed by atoms with Gasteiger partial charge in [-0.25, -0.2) is 4.79 Å². The Balaban J connectivity index is 0.000000293. The molecule has 0 aliphatic heterocycles. The molecule has 2 rings (SSSR count). The van der Waals surface area contributed by atoms with Gasteiger partial charge in [0.2, 0.25) is 0 Å². The van der Waals surface area contributed by atoms with Gasteiger partial charge >= 0.3 is 6.09 Å². The van der Waals surface area contributed by atoms with Gasteiger partial charge in [0.15, 0.2) is 0 Å². The number of halogens is 1. The van der Waals surface area contributed by atoms with E-state index >= 15 is 0 Å². The highest BCUT2D eigenvalue weighted by Crippen LogP contribution is 2.17. The number of alkyl carbamates (subject to hydrolysis) is 1. The van der Waals surface area contributed by atoms with Crippen LogP contribution in [0.1, 0.15) is 29.4 Å². The monoisotopic (exact) mass is 363 g/mol. The Hall–Kier alpha value is -2.44. The van der Waals surface area contributed by atoms with Crippen LogP contribution < -0.4 is 5.32 Å². The second kappa shape index (κ2) is 10.4. The van der Waals surface area contributed by atoms with Gasteiger partial charge in [0.05, 0.1) is 19.4 Å². The van der Waals surface area contributed by atoms with E-state index in [0.29, 0.717) is 10.7 Å². The third-order valence-electron chi connectivity index (χ3n) is 3.20. The number of pyridine rings is 1. The standard InChI is InChI=1S/C11H13ClN2O2.C7H9NO/c1-7(13)8-3-4-10(12)9(5-8)6-14-11(15)16-2;1-6-3-2-4-7(5-9)8-6/h3-5,13H,6H2,1-2H3,(H,14,15);2-4,9H,5H2,1H3. The molecule has 7 heteroatoms. The minimum absolute atomic E-state index is 0.0294. The highest BCUT2D eigenvalue weighted by atomic mass is 35.5. The minimum atomic E-state index is -0.506. The Morgan fingerprint density at radius 2 is 2.08 bits per heavy atom. The van der Waals surface area contributed by atoms with Crippen LogP contribution in [-0.2, 0) is 17.9 Å². The summed E-state index contributed by atoms with van der Waals surface area (Å²) in [6.45, 7) is 3.91. The predicted molar refractivity (Wildman–Crippen MR) is 98.1 cm³/mol. The second-order valence-corrected chi connectivity index (χ2v) is 5.61.